The maximum Gasteiger partial charge on any atom is 0.182 e. The molecule has 0 atom stereocenters. The average Bonchev–Trinajstić information content (AvgIpc) is 3.11. The third-order valence-corrected chi connectivity index (χ3v) is 5.80. The van der Waals surface area contributed by atoms with Crippen molar-refractivity contribution in [1.82, 2.24) is 14.8 Å². The fourth-order valence-corrected chi connectivity index (χ4v) is 3.93. The quantitative estimate of drug-likeness (QED) is 0.819. The van der Waals surface area contributed by atoms with E-state index in [9.17, 15) is 0 Å². The van der Waals surface area contributed by atoms with Crippen LogP contribution in [-0.4, -0.2) is 49.0 Å². The second-order valence-electron chi connectivity index (χ2n) is 6.92. The summed E-state index contributed by atoms with van der Waals surface area (Å²) in [5, 5.41) is 4.11. The molecule has 1 aliphatic heterocycles. The Morgan fingerprint density at radius 1 is 1.27 bits per heavy atom. The number of piperidine rings is 1. The van der Waals surface area contributed by atoms with E-state index >= 15 is 0 Å². The van der Waals surface area contributed by atoms with Gasteiger partial charge in [0.15, 0.2) is 5.13 Å². The van der Waals surface area contributed by atoms with Crippen molar-refractivity contribution in [2.45, 2.75) is 19.4 Å². The van der Waals surface area contributed by atoms with E-state index in [0.29, 0.717) is 0 Å². The summed E-state index contributed by atoms with van der Waals surface area (Å²) in [6.45, 7) is 7.36. The highest BCUT2D eigenvalue weighted by molar-refractivity contribution is 7.15. The molecule has 4 nitrogen and oxygen atoms in total. The van der Waals surface area contributed by atoms with Gasteiger partial charge in [0.1, 0.15) is 0 Å². The normalized spacial score (nSPS) is 15.0. The van der Waals surface area contributed by atoms with Gasteiger partial charge in [-0.2, -0.15) is 0 Å². The number of hydrogen-bond donors (Lipinski definition) is 1. The van der Waals surface area contributed by atoms with Gasteiger partial charge in [-0.25, -0.2) is 4.98 Å². The first-order valence-electron chi connectivity index (χ1n) is 9.06. The average molecular weight is 369 g/mol. The molecular formula is C21H28N4S. The maximum absolute atomic E-state index is 4.36. The largest absolute Gasteiger partial charge is 0.378 e. The summed E-state index contributed by atoms with van der Waals surface area (Å²) in [5.74, 6) is 0. The van der Waals surface area contributed by atoms with Crippen molar-refractivity contribution < 1.29 is 0 Å². The molecule has 138 valence electrons. The molecule has 3 rings (SSSR count). The number of rotatable bonds is 6. The topological polar surface area (TPSA) is 31.4 Å². The number of hydrogen-bond acceptors (Lipinski definition) is 5. The van der Waals surface area contributed by atoms with E-state index in [2.05, 4.69) is 52.1 Å². The third kappa shape index (κ3) is 4.74. The van der Waals surface area contributed by atoms with E-state index in [0.717, 1.165) is 43.3 Å². The van der Waals surface area contributed by atoms with Crippen LogP contribution in [0.2, 0.25) is 0 Å². The molecule has 2 heterocycles. The molecule has 1 aliphatic rings. The van der Waals surface area contributed by atoms with Crippen LogP contribution in [0.3, 0.4) is 0 Å². The van der Waals surface area contributed by atoms with Gasteiger partial charge in [-0.15, -0.1) is 11.3 Å². The van der Waals surface area contributed by atoms with Crippen LogP contribution in [0.15, 0.2) is 42.6 Å². The molecule has 0 bridgehead atoms. The van der Waals surface area contributed by atoms with E-state index in [1.165, 1.54) is 16.0 Å². The second kappa shape index (κ2) is 8.52. The van der Waals surface area contributed by atoms with Gasteiger partial charge in [-0.3, -0.25) is 4.90 Å². The van der Waals surface area contributed by atoms with Crippen LogP contribution in [0.5, 0.6) is 0 Å². The lowest BCUT2D eigenvalue weighted by Gasteiger charge is -2.27. The highest BCUT2D eigenvalue weighted by Gasteiger charge is 2.15. The van der Waals surface area contributed by atoms with Gasteiger partial charge in [-0.1, -0.05) is 42.5 Å². The summed E-state index contributed by atoms with van der Waals surface area (Å²) in [5.41, 5.74) is 5.05. The Morgan fingerprint density at radius 2 is 1.96 bits per heavy atom. The fourth-order valence-electron chi connectivity index (χ4n) is 3.12. The van der Waals surface area contributed by atoms with Crippen molar-refractivity contribution in [2.24, 2.45) is 0 Å². The molecule has 2 aromatic rings. The van der Waals surface area contributed by atoms with Crippen molar-refractivity contribution in [1.29, 1.82) is 0 Å². The zero-order valence-electron chi connectivity index (χ0n) is 16.0. The van der Waals surface area contributed by atoms with Crippen LogP contribution in [0.25, 0.3) is 11.8 Å². The Hall–Kier alpha value is -2.11. The predicted octanol–water partition coefficient (Wildman–Crippen LogP) is 4.40. The molecule has 26 heavy (non-hydrogen) atoms. The molecule has 0 amide bonds. The number of likely N-dealkylation sites (tertiary alicyclic amines) is 1. The van der Waals surface area contributed by atoms with Gasteiger partial charge in [0, 0.05) is 57.5 Å². The SMILES string of the molecule is C=C(c1ccc(C=C2CCN(Cc3cnc(NC)s3)CC2)cc1)N(C)C. The molecule has 1 aromatic carbocycles. The number of anilines is 1. The standard InChI is InChI=1S/C21H28N4S/c1-16(24(3)4)19-7-5-17(6-8-19)13-18-9-11-25(12-10-18)15-20-14-23-21(22-2)26-20/h5-8,13-14H,1,9-12,15H2,2-4H3,(H,22,23). The molecule has 0 unspecified atom stereocenters. The van der Waals surface area contributed by atoms with E-state index in [1.54, 1.807) is 16.9 Å². The minimum absolute atomic E-state index is 0.998. The first kappa shape index (κ1) is 18.7. The van der Waals surface area contributed by atoms with Gasteiger partial charge in [0.05, 0.1) is 0 Å². The maximum atomic E-state index is 4.36. The first-order chi connectivity index (χ1) is 12.5. The molecular weight excluding hydrogens is 340 g/mol. The number of nitrogens with one attached hydrogen (secondary N) is 1. The third-order valence-electron chi connectivity index (χ3n) is 4.80. The molecule has 0 saturated carbocycles. The highest BCUT2D eigenvalue weighted by Crippen LogP contribution is 2.24. The lowest BCUT2D eigenvalue weighted by Crippen LogP contribution is -2.29. The molecule has 1 fully saturated rings. The summed E-state index contributed by atoms with van der Waals surface area (Å²) < 4.78 is 0. The second-order valence-corrected chi connectivity index (χ2v) is 8.04. The van der Waals surface area contributed by atoms with E-state index in [1.807, 2.05) is 32.2 Å². The van der Waals surface area contributed by atoms with E-state index in [-0.39, 0.29) is 0 Å². The Balaban J connectivity index is 1.54. The van der Waals surface area contributed by atoms with Gasteiger partial charge >= 0.3 is 0 Å². The summed E-state index contributed by atoms with van der Waals surface area (Å²) in [7, 11) is 5.97. The molecule has 1 saturated heterocycles. The van der Waals surface area contributed by atoms with E-state index < -0.39 is 0 Å². The van der Waals surface area contributed by atoms with Crippen LogP contribution in [0.1, 0.15) is 28.8 Å². The zero-order valence-corrected chi connectivity index (χ0v) is 16.8. The van der Waals surface area contributed by atoms with Crippen LogP contribution in [0.4, 0.5) is 5.13 Å². The Kier molecular flexibility index (Phi) is 6.12. The van der Waals surface area contributed by atoms with Crippen LogP contribution >= 0.6 is 11.3 Å². The summed E-state index contributed by atoms with van der Waals surface area (Å²) in [4.78, 5) is 10.3. The lowest BCUT2D eigenvalue weighted by atomic mass is 10.00. The smallest absolute Gasteiger partial charge is 0.182 e. The fraction of sp³-hybridized carbons (Fsp3) is 0.381. The van der Waals surface area contributed by atoms with Crippen LogP contribution in [0, 0.1) is 0 Å². The number of nitrogens with zero attached hydrogens (tertiary/aromatic N) is 3. The minimum Gasteiger partial charge on any atom is -0.378 e. The number of aromatic nitrogens is 1. The lowest BCUT2D eigenvalue weighted by molar-refractivity contribution is 0.251. The number of thiazole rings is 1. The molecule has 0 aliphatic carbocycles. The van der Waals surface area contributed by atoms with E-state index in [4.69, 9.17) is 0 Å². The molecule has 1 N–H and O–H groups in total. The van der Waals surface area contributed by atoms with Gasteiger partial charge in [0.2, 0.25) is 0 Å². The van der Waals surface area contributed by atoms with Gasteiger partial charge in [0.25, 0.3) is 0 Å². The molecule has 5 heteroatoms. The Morgan fingerprint density at radius 3 is 2.54 bits per heavy atom. The summed E-state index contributed by atoms with van der Waals surface area (Å²) in [6.07, 6.45) is 6.63. The zero-order chi connectivity index (χ0) is 18.5. The first-order valence-corrected chi connectivity index (χ1v) is 9.87. The predicted molar refractivity (Wildman–Crippen MR) is 113 cm³/mol. The molecule has 0 spiro atoms. The summed E-state index contributed by atoms with van der Waals surface area (Å²) >= 11 is 1.75. The van der Waals surface area contributed by atoms with Gasteiger partial charge in [-0.05, 0) is 24.0 Å². The number of benzene rings is 1. The summed E-state index contributed by atoms with van der Waals surface area (Å²) in [6, 6.07) is 8.71. The Bertz CT molecular complexity index is 764. The van der Waals surface area contributed by atoms with Crippen molar-refractivity contribution in [2.75, 3.05) is 39.5 Å². The minimum atomic E-state index is 0.998. The van der Waals surface area contributed by atoms with Crippen LogP contribution in [-0.2, 0) is 6.54 Å². The van der Waals surface area contributed by atoms with Crippen molar-refractivity contribution in [3.63, 3.8) is 0 Å². The molecule has 0 radical (unpaired) electrons. The van der Waals surface area contributed by atoms with Crippen molar-refractivity contribution in [3.05, 3.63) is 58.6 Å². The monoisotopic (exact) mass is 368 g/mol. The molecule has 1 aromatic heterocycles. The van der Waals surface area contributed by atoms with Gasteiger partial charge < -0.3 is 10.2 Å². The van der Waals surface area contributed by atoms with Crippen molar-refractivity contribution >= 4 is 28.2 Å². The van der Waals surface area contributed by atoms with Crippen LogP contribution < -0.4 is 5.32 Å². The highest BCUT2D eigenvalue weighted by atomic mass is 32.1. The van der Waals surface area contributed by atoms with Crippen molar-refractivity contribution in [3.8, 4) is 0 Å². The Labute approximate surface area is 160 Å².